The number of carbonyl (C=O) groups excluding carboxylic acids is 5. The minimum absolute atomic E-state index is 0.0378. The van der Waals surface area contributed by atoms with Crippen LogP contribution in [0.15, 0.2) is 95.7 Å². The topological polar surface area (TPSA) is 389 Å². The van der Waals surface area contributed by atoms with Crippen LogP contribution >= 0.6 is 0 Å². The first kappa shape index (κ1) is 92.5. The highest BCUT2D eigenvalue weighted by atomic mass is 16.6. The lowest BCUT2D eigenvalue weighted by molar-refractivity contribution is -0.170. The molecule has 2 heterocycles. The Labute approximate surface area is 607 Å². The quantitative estimate of drug-likeness (QED) is 0.0241. The molecule has 14 N–H and O–H groups in total. The zero-order valence-electron chi connectivity index (χ0n) is 64.5. The van der Waals surface area contributed by atoms with E-state index in [1.165, 1.54) is 45.1 Å². The van der Waals surface area contributed by atoms with Crippen molar-refractivity contribution in [2.45, 2.75) is 293 Å². The van der Waals surface area contributed by atoms with Crippen LogP contribution < -0.4 is 16.0 Å². The van der Waals surface area contributed by atoms with Gasteiger partial charge >= 0.3 is 11.9 Å². The van der Waals surface area contributed by atoms with E-state index in [9.17, 15) is 84.9 Å². The van der Waals surface area contributed by atoms with E-state index >= 15 is 0 Å². The van der Waals surface area contributed by atoms with Gasteiger partial charge in [0.25, 0.3) is 0 Å². The number of rotatable bonds is 25. The summed E-state index contributed by atoms with van der Waals surface area (Å²) in [5, 5.41) is 133. The van der Waals surface area contributed by atoms with Crippen LogP contribution in [0.1, 0.15) is 189 Å². The molecule has 0 spiro atoms. The third kappa shape index (κ3) is 29.8. The van der Waals surface area contributed by atoms with Gasteiger partial charge in [-0.3, -0.25) is 19.2 Å². The summed E-state index contributed by atoms with van der Waals surface area (Å²) >= 11 is 0. The Hall–Kier alpha value is -5.54. The Morgan fingerprint density at radius 1 is 0.765 bits per heavy atom. The Bertz CT molecular complexity index is 2890. The zero-order valence-corrected chi connectivity index (χ0v) is 64.5. The fourth-order valence-electron chi connectivity index (χ4n) is 13.4. The number of Topliss-reactive ketones (excluding diaryl/α,β-unsaturated/α-hetero) is 1. The van der Waals surface area contributed by atoms with Crippen molar-refractivity contribution >= 4 is 35.4 Å². The lowest BCUT2D eigenvalue weighted by Gasteiger charge is -2.38. The lowest BCUT2D eigenvalue weighted by atomic mass is 9.77. The minimum Gasteiger partial charge on any atom is -0.479 e. The van der Waals surface area contributed by atoms with E-state index in [1.54, 1.807) is 108 Å². The fraction of sp³-hybridized carbons (Fsp3) is 0.722. The minimum atomic E-state index is -2.58. The maximum atomic E-state index is 14.3. The monoisotopic (exact) mass is 1440 g/mol. The molecule has 1 fully saturated rings. The fourth-order valence-corrected chi connectivity index (χ4v) is 13.4. The number of carbonyl (C=O) groups is 6. The second kappa shape index (κ2) is 43.8. The van der Waals surface area contributed by atoms with Crippen LogP contribution in [0, 0.1) is 64.1 Å². The highest BCUT2D eigenvalue weighted by Gasteiger charge is 2.44. The summed E-state index contributed by atoms with van der Waals surface area (Å²) in [5.41, 5.74) is -0.747. The van der Waals surface area contributed by atoms with Crippen molar-refractivity contribution in [3.8, 4) is 0 Å². The van der Waals surface area contributed by atoms with Crippen LogP contribution in [-0.2, 0) is 43.0 Å². The Kier molecular flexibility index (Phi) is 39.7. The smallest absolute Gasteiger partial charge is 0.335 e. The number of allylic oxidation sites excluding steroid dienone is 7. The van der Waals surface area contributed by atoms with Gasteiger partial charge in [-0.25, -0.2) is 9.59 Å². The highest BCUT2D eigenvalue weighted by Crippen LogP contribution is 2.35. The number of esters is 1. The van der Waals surface area contributed by atoms with Gasteiger partial charge < -0.3 is 86.3 Å². The molecule has 582 valence electrons. The largest absolute Gasteiger partial charge is 0.479 e. The van der Waals surface area contributed by atoms with Crippen LogP contribution in [0.3, 0.4) is 0 Å². The number of ketones is 1. The highest BCUT2D eigenvalue weighted by molar-refractivity contribution is 5.94. The molecule has 0 aliphatic carbocycles. The first-order valence-electron chi connectivity index (χ1n) is 36.6. The van der Waals surface area contributed by atoms with Crippen LogP contribution in [-0.4, -0.2) is 202 Å². The van der Waals surface area contributed by atoms with Crippen molar-refractivity contribution in [1.29, 1.82) is 0 Å². The Balaban J connectivity index is 2.53. The molecule has 23 nitrogen and oxygen atoms in total. The predicted molar refractivity (Wildman–Crippen MR) is 393 cm³/mol. The van der Waals surface area contributed by atoms with Crippen LogP contribution in [0.2, 0.25) is 0 Å². The van der Waals surface area contributed by atoms with Gasteiger partial charge in [-0.05, 0) is 146 Å². The van der Waals surface area contributed by atoms with E-state index in [0.29, 0.717) is 42.4 Å². The maximum Gasteiger partial charge on any atom is 0.335 e. The molecule has 0 aromatic carbocycles. The number of aliphatic hydroxyl groups is 10. The summed E-state index contributed by atoms with van der Waals surface area (Å²) in [7, 11) is 1.60. The maximum absolute atomic E-state index is 14.3. The number of amides is 3. The van der Waals surface area contributed by atoms with Crippen LogP contribution in [0.4, 0.5) is 0 Å². The number of aliphatic carboxylic acids is 1. The van der Waals surface area contributed by atoms with Gasteiger partial charge in [0.05, 0.1) is 85.1 Å². The molecule has 24 atom stereocenters. The number of hydrogen-bond acceptors (Lipinski definition) is 19. The third-order valence-corrected chi connectivity index (χ3v) is 20.4. The van der Waals surface area contributed by atoms with Gasteiger partial charge in [0.1, 0.15) is 18.0 Å². The number of ether oxygens (including phenoxy) is 3. The number of carboxylic acids is 1. The van der Waals surface area contributed by atoms with Gasteiger partial charge in [-0.2, -0.15) is 0 Å². The van der Waals surface area contributed by atoms with E-state index in [-0.39, 0.29) is 67.5 Å². The zero-order chi connectivity index (χ0) is 78.0. The van der Waals surface area contributed by atoms with Gasteiger partial charge in [0.2, 0.25) is 17.7 Å². The van der Waals surface area contributed by atoms with Crippen molar-refractivity contribution in [1.82, 2.24) is 16.0 Å². The molecule has 3 amide bonds. The third-order valence-electron chi connectivity index (χ3n) is 20.4. The summed E-state index contributed by atoms with van der Waals surface area (Å²) in [4.78, 5) is 81.1. The van der Waals surface area contributed by atoms with Crippen molar-refractivity contribution in [3.05, 3.63) is 95.7 Å². The van der Waals surface area contributed by atoms with Crippen LogP contribution in [0.25, 0.3) is 0 Å². The van der Waals surface area contributed by atoms with Crippen molar-refractivity contribution in [2.24, 2.45) is 64.1 Å². The van der Waals surface area contributed by atoms with Gasteiger partial charge in [0.15, 0.2) is 12.1 Å². The SMILES string of the molecule is COC1/C=C\C=C/CC/C=C\C=C/C(=O)NC(C(O)C(=O)O)C(=O)OC(C(NC(=O)C(C)C(O)CCC(C)C(O)/C(C)=C/C(C)(C)C(O)C(CC(C)C)NC(=O)/C=C/C(C)(C)C(=O)C(C)C(O)C(C)C)C(C)O)C(C)C(O)C/C=C(/C)C(O)C(C)/C=C(/C)C(O)C(C)C(O)CC2CC(C)CC1O2. The van der Waals surface area contributed by atoms with E-state index in [4.69, 9.17) is 14.2 Å². The molecular weight excluding hydrogens is 1310 g/mol. The number of hydrogen-bond donors (Lipinski definition) is 14. The van der Waals surface area contributed by atoms with Crippen molar-refractivity contribution in [3.63, 3.8) is 0 Å². The number of aliphatic hydroxyl groups excluding tert-OH is 10. The molecule has 102 heavy (non-hydrogen) atoms. The first-order chi connectivity index (χ1) is 47.3. The Morgan fingerprint density at radius 3 is 1.94 bits per heavy atom. The number of carboxylic acid groups (broad SMARTS) is 1. The average Bonchev–Trinajstić information content (AvgIpc) is 0.840. The Morgan fingerprint density at radius 2 is 1.37 bits per heavy atom. The molecule has 2 aliphatic rings. The number of nitrogens with one attached hydrogen (secondary N) is 3. The number of cyclic esters (lactones) is 1. The van der Waals surface area contributed by atoms with Crippen molar-refractivity contribution in [2.75, 3.05) is 7.11 Å². The number of methoxy groups -OCH3 is 1. The van der Waals surface area contributed by atoms with E-state index < -0.39 is 161 Å². The summed E-state index contributed by atoms with van der Waals surface area (Å²) in [5.74, 6) is -10.8. The van der Waals surface area contributed by atoms with Gasteiger partial charge in [0, 0.05) is 47.7 Å². The predicted octanol–water partition coefficient (Wildman–Crippen LogP) is 7.38. The first-order valence-corrected chi connectivity index (χ1v) is 36.6. The summed E-state index contributed by atoms with van der Waals surface area (Å²) in [6.07, 6.45) is 7.96. The molecule has 0 saturated carbocycles. The molecule has 2 rings (SSSR count). The molecule has 2 bridgehead atoms. The molecule has 0 aromatic heterocycles. The molecule has 24 unspecified atom stereocenters. The second-order valence-electron chi connectivity index (χ2n) is 31.3. The van der Waals surface area contributed by atoms with Crippen LogP contribution in [0.5, 0.6) is 0 Å². The van der Waals surface area contributed by atoms with E-state index in [1.807, 2.05) is 52.0 Å². The van der Waals surface area contributed by atoms with E-state index in [0.717, 1.165) is 12.5 Å². The molecule has 23 heteroatoms. The van der Waals surface area contributed by atoms with Crippen molar-refractivity contribution < 1.29 is 99.1 Å². The molecule has 0 radical (unpaired) electrons. The summed E-state index contributed by atoms with van der Waals surface area (Å²) < 4.78 is 18.2. The van der Waals surface area contributed by atoms with Gasteiger partial charge in [-0.1, -0.05) is 157 Å². The molecular formula is C79H131N3O20. The lowest BCUT2D eigenvalue weighted by Crippen LogP contribution is -2.59. The average molecular weight is 1440 g/mol. The molecule has 0 aromatic rings. The molecule has 1 saturated heterocycles. The summed E-state index contributed by atoms with van der Waals surface area (Å²) in [6.45, 7) is 32.5. The van der Waals surface area contributed by atoms with E-state index in [2.05, 4.69) is 22.9 Å². The molecule has 2 aliphatic heterocycles. The normalized spacial score (nSPS) is 31.5. The van der Waals surface area contributed by atoms with Gasteiger partial charge in [-0.15, -0.1) is 0 Å². The standard InChI is InChI=1S/C79H131N3O20/c1-43(2)37-57(80-64(88)35-36-78(16,17)73(94)54(14)67(89)44(3)4)74(95)79(18,19)42-50(10)69(91)47(7)32-34-59(85)53(13)75(96)82-65(55(15)83)72-52(12)58(84)33-31-46(6)68(90)48(8)40-49(9)70(92)51(11)60(86)41-56-38-45(5)39-62(101-56)61(100-20)29-27-25-23-21-22-24-26-28-30-63(87)81-66(77(99)102-72)71(93)76(97)98/h23-31,35-36,40,42-45,47-48,51-62,65-72,74,83-86,89-93,95H,21-22,32-34,37-39,41H2,1-20H3,(H,80,88)(H,81,87)(H,82,96)(H,97,98)/b25-23-,26-24-,29-27-,30-28-,36-35+,46-31-,49-40-,50-42+. The number of fused-ring (bicyclic) bond motifs is 2. The second-order valence-corrected chi connectivity index (χ2v) is 31.3. The summed E-state index contributed by atoms with van der Waals surface area (Å²) in [6, 6.07) is -4.65.